The van der Waals surface area contributed by atoms with Crippen molar-refractivity contribution in [2.45, 2.75) is 33.3 Å². The van der Waals surface area contributed by atoms with Crippen molar-refractivity contribution in [1.29, 1.82) is 0 Å². The maximum Gasteiger partial charge on any atom is 0.317 e. The van der Waals surface area contributed by atoms with Crippen molar-refractivity contribution in [3.05, 3.63) is 39.9 Å². The first-order valence-corrected chi connectivity index (χ1v) is 6.25. The number of carbonyl (C=O) groups excluding carboxylic acids is 2. The highest BCUT2D eigenvalue weighted by molar-refractivity contribution is 5.98. The van der Waals surface area contributed by atoms with Crippen LogP contribution in [0.2, 0.25) is 0 Å². The highest BCUT2D eigenvalue weighted by atomic mass is 16.6. The average Bonchev–Trinajstić information content (AvgIpc) is 2.34. The van der Waals surface area contributed by atoms with Crippen LogP contribution in [0.3, 0.4) is 0 Å². The van der Waals surface area contributed by atoms with Gasteiger partial charge in [0.2, 0.25) is 0 Å². The summed E-state index contributed by atoms with van der Waals surface area (Å²) in [6.45, 7) is 4.70. The molecule has 1 atom stereocenters. The van der Waals surface area contributed by atoms with E-state index in [9.17, 15) is 19.7 Å². The molecular weight excluding hydrogens is 262 g/mol. The molecule has 6 heteroatoms. The predicted octanol–water partition coefficient (Wildman–Crippen LogP) is 2.29. The van der Waals surface area contributed by atoms with Crippen molar-refractivity contribution in [1.82, 2.24) is 0 Å². The molecule has 1 aromatic carbocycles. The summed E-state index contributed by atoms with van der Waals surface area (Å²) in [6.07, 6.45) is -0.211. The number of nitrogens with zero attached hydrogens (tertiary/aromatic N) is 1. The van der Waals surface area contributed by atoms with Gasteiger partial charge in [0.1, 0.15) is 11.7 Å². The largest absolute Gasteiger partial charge is 0.462 e. The topological polar surface area (TPSA) is 86.5 Å². The van der Waals surface area contributed by atoms with E-state index in [0.717, 1.165) is 0 Å². The minimum absolute atomic E-state index is 0.0676. The Kier molecular flexibility index (Phi) is 5.37. The number of benzene rings is 1. The van der Waals surface area contributed by atoms with E-state index in [1.807, 2.05) is 0 Å². The number of nitro groups is 1. The molecule has 0 saturated heterocycles. The molecular formula is C14H17NO5. The molecule has 0 amide bonds. The lowest BCUT2D eigenvalue weighted by Gasteiger charge is -2.15. The molecule has 1 aromatic rings. The second-order valence-electron chi connectivity index (χ2n) is 4.78. The molecule has 1 rings (SSSR count). The van der Waals surface area contributed by atoms with Crippen LogP contribution in [-0.4, -0.2) is 22.8 Å². The smallest absolute Gasteiger partial charge is 0.317 e. The molecule has 0 aliphatic heterocycles. The summed E-state index contributed by atoms with van der Waals surface area (Å²) in [4.78, 5) is 33.6. The third kappa shape index (κ3) is 4.46. The van der Waals surface area contributed by atoms with E-state index in [1.54, 1.807) is 19.9 Å². The summed E-state index contributed by atoms with van der Waals surface area (Å²) in [5, 5.41) is 10.7. The monoisotopic (exact) mass is 279 g/mol. The molecule has 0 N–H and O–H groups in total. The summed E-state index contributed by atoms with van der Waals surface area (Å²) in [5.41, 5.74) is 0.488. The molecule has 20 heavy (non-hydrogen) atoms. The van der Waals surface area contributed by atoms with Crippen molar-refractivity contribution in [3.8, 4) is 0 Å². The molecule has 1 unspecified atom stereocenters. The molecule has 108 valence electrons. The Morgan fingerprint density at radius 2 is 2.00 bits per heavy atom. The number of nitro benzene ring substituents is 1. The zero-order chi connectivity index (χ0) is 15.3. The molecule has 0 spiro atoms. The van der Waals surface area contributed by atoms with Crippen molar-refractivity contribution >= 4 is 17.4 Å². The highest BCUT2D eigenvalue weighted by Crippen LogP contribution is 2.18. The Hall–Kier alpha value is -2.24. The molecule has 0 fully saturated rings. The Morgan fingerprint density at radius 3 is 2.50 bits per heavy atom. The highest BCUT2D eigenvalue weighted by Gasteiger charge is 2.26. The van der Waals surface area contributed by atoms with Crippen LogP contribution < -0.4 is 0 Å². The van der Waals surface area contributed by atoms with Gasteiger partial charge < -0.3 is 4.74 Å². The van der Waals surface area contributed by atoms with Crippen LogP contribution in [0.5, 0.6) is 0 Å². The first-order valence-electron chi connectivity index (χ1n) is 6.25. The first kappa shape index (κ1) is 15.8. The molecule has 0 saturated carbocycles. The van der Waals surface area contributed by atoms with Gasteiger partial charge in [0.15, 0.2) is 0 Å². The molecule has 0 aromatic heterocycles. The average molecular weight is 279 g/mol. The number of hydrogen-bond acceptors (Lipinski definition) is 5. The number of hydrogen-bond donors (Lipinski definition) is 0. The lowest BCUT2D eigenvalue weighted by Crippen LogP contribution is -2.28. The zero-order valence-electron chi connectivity index (χ0n) is 11.7. The number of ether oxygens (including phenoxy) is 1. The Labute approximate surface area is 116 Å². The summed E-state index contributed by atoms with van der Waals surface area (Å²) in [7, 11) is 0. The molecule has 0 aliphatic carbocycles. The second kappa shape index (κ2) is 6.79. The molecule has 0 bridgehead atoms. The normalized spacial score (nSPS) is 12.0. The summed E-state index contributed by atoms with van der Waals surface area (Å²) in [5.74, 6) is -1.85. The fraction of sp³-hybridized carbons (Fsp3) is 0.429. The number of esters is 1. The van der Waals surface area contributed by atoms with Crippen LogP contribution in [0, 0.1) is 16.0 Å². The molecule has 0 heterocycles. The van der Waals surface area contributed by atoms with Crippen molar-refractivity contribution in [2.24, 2.45) is 5.92 Å². The number of rotatable bonds is 6. The minimum atomic E-state index is -0.931. The SMILES string of the molecule is CC(=O)C(Cc1cccc([N+](=O)[O-])c1)C(=O)OC(C)C. The van der Waals surface area contributed by atoms with Gasteiger partial charge in [-0.05, 0) is 32.8 Å². The van der Waals surface area contributed by atoms with Crippen LogP contribution in [0.1, 0.15) is 26.3 Å². The zero-order valence-corrected chi connectivity index (χ0v) is 11.7. The molecule has 6 nitrogen and oxygen atoms in total. The predicted molar refractivity (Wildman–Crippen MR) is 72.2 cm³/mol. The van der Waals surface area contributed by atoms with E-state index in [-0.39, 0.29) is 24.0 Å². The third-order valence-electron chi connectivity index (χ3n) is 2.69. The van der Waals surface area contributed by atoms with E-state index >= 15 is 0 Å². The fourth-order valence-corrected chi connectivity index (χ4v) is 1.74. The van der Waals surface area contributed by atoms with Crippen molar-refractivity contribution in [2.75, 3.05) is 0 Å². The van der Waals surface area contributed by atoms with E-state index in [2.05, 4.69) is 0 Å². The van der Waals surface area contributed by atoms with E-state index < -0.39 is 16.8 Å². The summed E-state index contributed by atoms with van der Waals surface area (Å²) < 4.78 is 5.03. The molecule has 0 aliphatic rings. The standard InChI is InChI=1S/C14H17NO5/c1-9(2)20-14(17)13(10(3)16)8-11-5-4-6-12(7-11)15(18)19/h4-7,9,13H,8H2,1-3H3. The van der Waals surface area contributed by atoms with Gasteiger partial charge in [-0.15, -0.1) is 0 Å². The fourth-order valence-electron chi connectivity index (χ4n) is 1.74. The third-order valence-corrected chi connectivity index (χ3v) is 2.69. The maximum atomic E-state index is 11.8. The minimum Gasteiger partial charge on any atom is -0.462 e. The van der Waals surface area contributed by atoms with Crippen LogP contribution in [0.4, 0.5) is 5.69 Å². The van der Waals surface area contributed by atoms with Gasteiger partial charge in [-0.3, -0.25) is 19.7 Å². The van der Waals surface area contributed by atoms with Gasteiger partial charge in [0.05, 0.1) is 11.0 Å². The van der Waals surface area contributed by atoms with Gasteiger partial charge in [-0.25, -0.2) is 0 Å². The van der Waals surface area contributed by atoms with Gasteiger partial charge in [-0.1, -0.05) is 12.1 Å². The second-order valence-corrected chi connectivity index (χ2v) is 4.78. The lowest BCUT2D eigenvalue weighted by atomic mass is 9.95. The van der Waals surface area contributed by atoms with Gasteiger partial charge in [-0.2, -0.15) is 0 Å². The summed E-state index contributed by atoms with van der Waals surface area (Å²) >= 11 is 0. The van der Waals surface area contributed by atoms with E-state index in [1.165, 1.54) is 25.1 Å². The first-order chi connectivity index (χ1) is 9.31. The van der Waals surface area contributed by atoms with Crippen LogP contribution in [0.25, 0.3) is 0 Å². The lowest BCUT2D eigenvalue weighted by molar-refractivity contribution is -0.384. The van der Waals surface area contributed by atoms with Gasteiger partial charge >= 0.3 is 5.97 Å². The quantitative estimate of drug-likeness (QED) is 0.345. The van der Waals surface area contributed by atoms with Gasteiger partial charge in [0.25, 0.3) is 5.69 Å². The maximum absolute atomic E-state index is 11.8. The van der Waals surface area contributed by atoms with E-state index in [0.29, 0.717) is 5.56 Å². The Bertz CT molecular complexity index is 524. The van der Waals surface area contributed by atoms with Crippen molar-refractivity contribution in [3.63, 3.8) is 0 Å². The molecule has 0 radical (unpaired) electrons. The van der Waals surface area contributed by atoms with Crippen LogP contribution >= 0.6 is 0 Å². The Balaban J connectivity index is 2.91. The van der Waals surface area contributed by atoms with Crippen LogP contribution in [0.15, 0.2) is 24.3 Å². The van der Waals surface area contributed by atoms with E-state index in [4.69, 9.17) is 4.74 Å². The van der Waals surface area contributed by atoms with Crippen LogP contribution in [-0.2, 0) is 20.7 Å². The number of non-ortho nitro benzene ring substituents is 1. The number of ketones is 1. The summed E-state index contributed by atoms with van der Waals surface area (Å²) in [6, 6.07) is 5.89. The Morgan fingerprint density at radius 1 is 1.35 bits per heavy atom. The van der Waals surface area contributed by atoms with Gasteiger partial charge in [0, 0.05) is 12.1 Å². The van der Waals surface area contributed by atoms with Crippen molar-refractivity contribution < 1.29 is 19.2 Å². The number of carbonyl (C=O) groups is 2. The number of Topliss-reactive ketones (excluding diaryl/α,β-unsaturated/α-hetero) is 1.